The van der Waals surface area contributed by atoms with E-state index < -0.39 is 0 Å². The maximum absolute atomic E-state index is 12.1. The molecular weight excluding hydrogens is 240 g/mol. The van der Waals surface area contributed by atoms with Crippen molar-refractivity contribution in [3.8, 4) is 0 Å². The van der Waals surface area contributed by atoms with E-state index in [0.717, 1.165) is 18.5 Å². The van der Waals surface area contributed by atoms with Crippen molar-refractivity contribution in [2.45, 2.75) is 25.6 Å². The molecule has 98 valence electrons. The van der Waals surface area contributed by atoms with Crippen LogP contribution in [-0.2, 0) is 24.3 Å². The molecule has 1 atom stereocenters. The lowest BCUT2D eigenvalue weighted by molar-refractivity contribution is -0.123. The van der Waals surface area contributed by atoms with Crippen molar-refractivity contribution < 1.29 is 4.79 Å². The summed E-state index contributed by atoms with van der Waals surface area (Å²) in [4.78, 5) is 12.1. The molecule has 0 fully saturated rings. The van der Waals surface area contributed by atoms with Gasteiger partial charge in [0.05, 0.1) is 12.2 Å². The fourth-order valence-corrected chi connectivity index (χ4v) is 2.33. The normalized spacial score (nSPS) is 17.8. The molecule has 3 rings (SSSR count). The van der Waals surface area contributed by atoms with E-state index in [1.807, 2.05) is 12.1 Å². The van der Waals surface area contributed by atoms with E-state index >= 15 is 0 Å². The summed E-state index contributed by atoms with van der Waals surface area (Å²) in [6.07, 6.45) is 4.24. The second-order valence-corrected chi connectivity index (χ2v) is 4.73. The summed E-state index contributed by atoms with van der Waals surface area (Å²) in [5.41, 5.74) is 3.51. The van der Waals surface area contributed by atoms with E-state index in [1.165, 1.54) is 11.1 Å². The van der Waals surface area contributed by atoms with Gasteiger partial charge in [-0.3, -0.25) is 9.89 Å². The Kier molecular flexibility index (Phi) is 3.29. The summed E-state index contributed by atoms with van der Waals surface area (Å²) < 4.78 is 0. The lowest BCUT2D eigenvalue weighted by atomic mass is 9.95. The van der Waals surface area contributed by atoms with Crippen molar-refractivity contribution in [2.75, 3.05) is 0 Å². The van der Waals surface area contributed by atoms with E-state index in [4.69, 9.17) is 0 Å². The Morgan fingerprint density at radius 3 is 3.00 bits per heavy atom. The van der Waals surface area contributed by atoms with Crippen molar-refractivity contribution >= 4 is 5.91 Å². The highest BCUT2D eigenvalue weighted by atomic mass is 16.2. The third kappa shape index (κ3) is 2.66. The highest BCUT2D eigenvalue weighted by Crippen LogP contribution is 2.16. The first-order valence-electron chi connectivity index (χ1n) is 6.38. The van der Waals surface area contributed by atoms with Gasteiger partial charge >= 0.3 is 0 Å². The molecule has 0 spiro atoms. The lowest BCUT2D eigenvalue weighted by Crippen LogP contribution is -2.47. The summed E-state index contributed by atoms with van der Waals surface area (Å²) in [5.74, 6) is 0.0377. The Morgan fingerprint density at radius 1 is 1.37 bits per heavy atom. The summed E-state index contributed by atoms with van der Waals surface area (Å²) in [5, 5.41) is 12.8. The van der Waals surface area contributed by atoms with E-state index in [9.17, 15) is 4.79 Å². The predicted octanol–water partition coefficient (Wildman–Crippen LogP) is 0.740. The molecule has 3 N–H and O–H groups in total. The number of nitrogens with one attached hydrogen (secondary N) is 3. The van der Waals surface area contributed by atoms with Crippen LogP contribution in [0, 0.1) is 0 Å². The monoisotopic (exact) mass is 256 g/mol. The van der Waals surface area contributed by atoms with Crippen molar-refractivity contribution in [2.24, 2.45) is 0 Å². The van der Waals surface area contributed by atoms with Gasteiger partial charge in [0.15, 0.2) is 0 Å². The zero-order chi connectivity index (χ0) is 13.1. The van der Waals surface area contributed by atoms with Gasteiger partial charge in [-0.1, -0.05) is 24.3 Å². The predicted molar refractivity (Wildman–Crippen MR) is 71.2 cm³/mol. The third-order valence-electron chi connectivity index (χ3n) is 3.42. The molecule has 19 heavy (non-hydrogen) atoms. The van der Waals surface area contributed by atoms with E-state index in [0.29, 0.717) is 6.54 Å². The number of carbonyl (C=O) groups excluding carboxylic acids is 1. The van der Waals surface area contributed by atoms with Crippen molar-refractivity contribution in [3.63, 3.8) is 0 Å². The molecule has 2 aromatic rings. The fourth-order valence-electron chi connectivity index (χ4n) is 2.33. The molecule has 1 aliphatic rings. The van der Waals surface area contributed by atoms with Crippen molar-refractivity contribution in [3.05, 3.63) is 53.3 Å². The Labute approximate surface area is 111 Å². The standard InChI is InChI=1S/C14H16N4O/c19-14(16-6-10-7-17-18-8-10)13-5-11-3-1-2-4-12(11)9-15-13/h1-4,7-8,13,15H,5-6,9H2,(H,16,19)(H,17,18). The molecule has 0 radical (unpaired) electrons. The molecule has 0 aliphatic carbocycles. The topological polar surface area (TPSA) is 69.8 Å². The first kappa shape index (κ1) is 11.9. The Morgan fingerprint density at radius 2 is 2.21 bits per heavy atom. The van der Waals surface area contributed by atoms with E-state index in [1.54, 1.807) is 12.4 Å². The van der Waals surface area contributed by atoms with E-state index in [2.05, 4.69) is 33.0 Å². The number of carbonyl (C=O) groups is 1. The smallest absolute Gasteiger partial charge is 0.237 e. The van der Waals surface area contributed by atoms with Crippen LogP contribution in [0.1, 0.15) is 16.7 Å². The molecule has 5 nitrogen and oxygen atoms in total. The SMILES string of the molecule is O=C(NCc1cn[nH]c1)C1Cc2ccccc2CN1. The molecule has 5 heteroatoms. The van der Waals surface area contributed by atoms with Gasteiger partial charge in [-0.2, -0.15) is 5.10 Å². The zero-order valence-electron chi connectivity index (χ0n) is 10.5. The average molecular weight is 256 g/mol. The number of hydrogen-bond donors (Lipinski definition) is 3. The lowest BCUT2D eigenvalue weighted by Gasteiger charge is -2.25. The van der Waals surface area contributed by atoms with Gasteiger partial charge in [0.1, 0.15) is 0 Å². The van der Waals surface area contributed by atoms with Crippen LogP contribution >= 0.6 is 0 Å². The molecule has 0 saturated heterocycles. The highest BCUT2D eigenvalue weighted by Gasteiger charge is 2.23. The maximum Gasteiger partial charge on any atom is 0.237 e. The van der Waals surface area contributed by atoms with Crippen LogP contribution in [0.4, 0.5) is 0 Å². The highest BCUT2D eigenvalue weighted by molar-refractivity contribution is 5.82. The number of H-pyrrole nitrogens is 1. The number of amides is 1. The number of aromatic nitrogens is 2. The minimum atomic E-state index is -0.151. The molecular formula is C14H16N4O. The van der Waals surface area contributed by atoms with Crippen LogP contribution in [0.3, 0.4) is 0 Å². The van der Waals surface area contributed by atoms with Crippen LogP contribution in [0.5, 0.6) is 0 Å². The first-order chi connectivity index (χ1) is 9.33. The van der Waals surface area contributed by atoms with Gasteiger partial charge in [-0.05, 0) is 17.5 Å². The van der Waals surface area contributed by atoms with Crippen LogP contribution < -0.4 is 10.6 Å². The number of fused-ring (bicyclic) bond motifs is 1. The number of rotatable bonds is 3. The number of nitrogens with zero attached hydrogens (tertiary/aromatic N) is 1. The number of benzene rings is 1. The Hall–Kier alpha value is -2.14. The molecule has 1 aromatic heterocycles. The molecule has 2 heterocycles. The van der Waals surface area contributed by atoms with Gasteiger partial charge in [-0.25, -0.2) is 0 Å². The van der Waals surface area contributed by atoms with Crippen molar-refractivity contribution in [1.82, 2.24) is 20.8 Å². The number of aromatic amines is 1. The second-order valence-electron chi connectivity index (χ2n) is 4.73. The van der Waals surface area contributed by atoms with Crippen LogP contribution in [0.25, 0.3) is 0 Å². The quantitative estimate of drug-likeness (QED) is 0.758. The van der Waals surface area contributed by atoms with Gasteiger partial charge in [0.2, 0.25) is 5.91 Å². The van der Waals surface area contributed by atoms with Gasteiger partial charge < -0.3 is 10.6 Å². The van der Waals surface area contributed by atoms with Gasteiger partial charge in [-0.15, -0.1) is 0 Å². The van der Waals surface area contributed by atoms with Crippen LogP contribution in [-0.4, -0.2) is 22.1 Å². The molecule has 1 aliphatic heterocycles. The number of hydrogen-bond acceptors (Lipinski definition) is 3. The van der Waals surface area contributed by atoms with Gasteiger partial charge in [0, 0.05) is 24.8 Å². The molecule has 1 amide bonds. The first-order valence-corrected chi connectivity index (χ1v) is 6.38. The van der Waals surface area contributed by atoms with Gasteiger partial charge in [0.25, 0.3) is 0 Å². The largest absolute Gasteiger partial charge is 0.351 e. The van der Waals surface area contributed by atoms with Crippen LogP contribution in [0.15, 0.2) is 36.7 Å². The third-order valence-corrected chi connectivity index (χ3v) is 3.42. The zero-order valence-corrected chi connectivity index (χ0v) is 10.5. The summed E-state index contributed by atoms with van der Waals surface area (Å²) >= 11 is 0. The molecule has 1 unspecified atom stereocenters. The molecule has 0 saturated carbocycles. The Balaban J connectivity index is 1.60. The summed E-state index contributed by atoms with van der Waals surface area (Å²) in [6.45, 7) is 1.26. The minimum absolute atomic E-state index is 0.0377. The molecule has 1 aromatic carbocycles. The summed E-state index contributed by atoms with van der Waals surface area (Å²) in [7, 11) is 0. The van der Waals surface area contributed by atoms with Crippen LogP contribution in [0.2, 0.25) is 0 Å². The second kappa shape index (κ2) is 5.24. The van der Waals surface area contributed by atoms with E-state index in [-0.39, 0.29) is 11.9 Å². The average Bonchev–Trinajstić information content (AvgIpc) is 2.97. The fraction of sp³-hybridized carbons (Fsp3) is 0.286. The molecule has 0 bridgehead atoms. The summed E-state index contributed by atoms with van der Waals surface area (Å²) in [6, 6.07) is 8.08. The minimum Gasteiger partial charge on any atom is -0.351 e. The van der Waals surface area contributed by atoms with Crippen molar-refractivity contribution in [1.29, 1.82) is 0 Å². The Bertz CT molecular complexity index is 565. The maximum atomic E-state index is 12.1.